The van der Waals surface area contributed by atoms with Crippen LogP contribution in [0.1, 0.15) is 26.2 Å². The fourth-order valence-electron chi connectivity index (χ4n) is 1.12. The van der Waals surface area contributed by atoms with Gasteiger partial charge in [0.25, 0.3) is 0 Å². The van der Waals surface area contributed by atoms with Gasteiger partial charge in [0.15, 0.2) is 5.78 Å². The van der Waals surface area contributed by atoms with Crippen LogP contribution in [-0.2, 0) is 9.53 Å². The maximum Gasteiger partial charge on any atom is 0.226 e. The fourth-order valence-corrected chi connectivity index (χ4v) is 1.12. The van der Waals surface area contributed by atoms with Gasteiger partial charge in [-0.2, -0.15) is 0 Å². The van der Waals surface area contributed by atoms with Gasteiger partial charge in [-0.05, 0) is 6.42 Å². The fraction of sp³-hybridized carbons (Fsp3) is 0.857. The van der Waals surface area contributed by atoms with Gasteiger partial charge in [-0.15, -0.1) is 0 Å². The second kappa shape index (κ2) is 2.68. The maximum atomic E-state index is 11.0. The molecule has 0 radical (unpaired) electrons. The Morgan fingerprint density at radius 1 is 1.80 bits per heavy atom. The van der Waals surface area contributed by atoms with E-state index in [1.165, 1.54) is 0 Å². The molecule has 3 heteroatoms. The van der Waals surface area contributed by atoms with E-state index in [1.807, 2.05) is 0 Å². The molecule has 0 spiro atoms. The zero-order valence-electron chi connectivity index (χ0n) is 6.09. The normalized spacial score (nSPS) is 32.6. The van der Waals surface area contributed by atoms with Crippen molar-refractivity contribution in [3.8, 4) is 0 Å². The third-order valence-electron chi connectivity index (χ3n) is 1.76. The van der Waals surface area contributed by atoms with Crippen LogP contribution in [0.15, 0.2) is 0 Å². The highest BCUT2D eigenvalue weighted by Gasteiger charge is 2.38. The molecular formula is C7H12O3. The van der Waals surface area contributed by atoms with E-state index in [9.17, 15) is 9.90 Å². The Hall–Kier alpha value is -0.410. The lowest BCUT2D eigenvalue weighted by Crippen LogP contribution is -2.36. The van der Waals surface area contributed by atoms with E-state index in [4.69, 9.17) is 4.74 Å². The number of rotatable bonds is 2. The zero-order valence-corrected chi connectivity index (χ0v) is 6.09. The Labute approximate surface area is 60.0 Å². The summed E-state index contributed by atoms with van der Waals surface area (Å²) in [6, 6.07) is 0. The average Bonchev–Trinajstić information content (AvgIpc) is 2.36. The predicted molar refractivity (Wildman–Crippen MR) is 35.4 cm³/mol. The lowest BCUT2D eigenvalue weighted by Gasteiger charge is -2.18. The minimum atomic E-state index is -1.44. The third-order valence-corrected chi connectivity index (χ3v) is 1.76. The molecule has 1 fully saturated rings. The highest BCUT2D eigenvalue weighted by Crippen LogP contribution is 2.24. The van der Waals surface area contributed by atoms with Crippen molar-refractivity contribution in [2.75, 3.05) is 6.61 Å². The molecule has 1 atom stereocenters. The number of aliphatic hydroxyl groups is 1. The van der Waals surface area contributed by atoms with Gasteiger partial charge in [0.2, 0.25) is 5.79 Å². The topological polar surface area (TPSA) is 46.5 Å². The SMILES string of the molecule is CCC(=O)C1(O)CCCO1. The highest BCUT2D eigenvalue weighted by atomic mass is 16.6. The largest absolute Gasteiger partial charge is 0.360 e. The number of Topliss-reactive ketones (excluding diaryl/α,β-unsaturated/α-hetero) is 1. The molecule has 3 nitrogen and oxygen atoms in total. The molecule has 1 rings (SSSR count). The lowest BCUT2D eigenvalue weighted by atomic mass is 10.1. The van der Waals surface area contributed by atoms with Crippen LogP contribution in [0.2, 0.25) is 0 Å². The summed E-state index contributed by atoms with van der Waals surface area (Å²) in [4.78, 5) is 11.0. The molecule has 0 aromatic carbocycles. The van der Waals surface area contributed by atoms with Crippen molar-refractivity contribution in [2.45, 2.75) is 32.0 Å². The van der Waals surface area contributed by atoms with Crippen molar-refractivity contribution in [3.63, 3.8) is 0 Å². The van der Waals surface area contributed by atoms with Crippen molar-refractivity contribution in [1.82, 2.24) is 0 Å². The van der Waals surface area contributed by atoms with Crippen LogP contribution in [-0.4, -0.2) is 23.3 Å². The molecule has 1 unspecified atom stereocenters. The van der Waals surface area contributed by atoms with E-state index < -0.39 is 5.79 Å². The monoisotopic (exact) mass is 144 g/mol. The summed E-state index contributed by atoms with van der Waals surface area (Å²) in [5.41, 5.74) is 0. The first-order chi connectivity index (χ1) is 4.69. The summed E-state index contributed by atoms with van der Waals surface area (Å²) in [6.07, 6.45) is 1.58. The molecule has 0 aliphatic carbocycles. The minimum Gasteiger partial charge on any atom is -0.360 e. The smallest absolute Gasteiger partial charge is 0.226 e. The summed E-state index contributed by atoms with van der Waals surface area (Å²) >= 11 is 0. The van der Waals surface area contributed by atoms with Gasteiger partial charge in [0.1, 0.15) is 0 Å². The summed E-state index contributed by atoms with van der Waals surface area (Å²) in [5.74, 6) is -1.64. The van der Waals surface area contributed by atoms with Crippen molar-refractivity contribution >= 4 is 5.78 Å². The van der Waals surface area contributed by atoms with Crippen molar-refractivity contribution < 1.29 is 14.6 Å². The molecule has 1 N–H and O–H groups in total. The van der Waals surface area contributed by atoms with E-state index in [1.54, 1.807) is 6.92 Å². The Kier molecular flexibility index (Phi) is 2.06. The molecule has 1 saturated heterocycles. The van der Waals surface area contributed by atoms with Gasteiger partial charge in [-0.3, -0.25) is 4.79 Å². The molecule has 10 heavy (non-hydrogen) atoms. The first-order valence-corrected chi connectivity index (χ1v) is 3.58. The molecule has 0 aromatic heterocycles. The Balaban J connectivity index is 2.58. The predicted octanol–water partition coefficient (Wildman–Crippen LogP) is 0.464. The molecular weight excluding hydrogens is 132 g/mol. The van der Waals surface area contributed by atoms with Gasteiger partial charge in [-0.25, -0.2) is 0 Å². The maximum absolute atomic E-state index is 11.0. The van der Waals surface area contributed by atoms with Crippen LogP contribution in [0.3, 0.4) is 0 Å². The van der Waals surface area contributed by atoms with E-state index in [2.05, 4.69) is 0 Å². The van der Waals surface area contributed by atoms with Crippen LogP contribution < -0.4 is 0 Å². The van der Waals surface area contributed by atoms with Crippen LogP contribution in [0.25, 0.3) is 0 Å². The van der Waals surface area contributed by atoms with Gasteiger partial charge in [0, 0.05) is 12.8 Å². The number of hydrogen-bond acceptors (Lipinski definition) is 3. The number of ether oxygens (including phenoxy) is 1. The number of hydrogen-bond donors (Lipinski definition) is 1. The zero-order chi connectivity index (χ0) is 7.61. The van der Waals surface area contributed by atoms with Gasteiger partial charge in [-0.1, -0.05) is 6.92 Å². The molecule has 0 aromatic rings. The summed E-state index contributed by atoms with van der Waals surface area (Å²) in [6.45, 7) is 2.23. The van der Waals surface area contributed by atoms with Crippen LogP contribution in [0.5, 0.6) is 0 Å². The summed E-state index contributed by atoms with van der Waals surface area (Å²) in [7, 11) is 0. The average molecular weight is 144 g/mol. The number of carbonyl (C=O) groups excluding carboxylic acids is 1. The minimum absolute atomic E-state index is 0.204. The Bertz CT molecular complexity index is 136. The molecule has 0 bridgehead atoms. The summed E-state index contributed by atoms with van der Waals surface area (Å²) < 4.78 is 4.90. The first-order valence-electron chi connectivity index (χ1n) is 3.58. The number of ketones is 1. The first kappa shape index (κ1) is 7.69. The second-order valence-electron chi connectivity index (χ2n) is 2.51. The van der Waals surface area contributed by atoms with E-state index >= 15 is 0 Å². The molecule has 1 heterocycles. The van der Waals surface area contributed by atoms with Crippen LogP contribution in [0, 0.1) is 0 Å². The van der Waals surface area contributed by atoms with Gasteiger partial charge < -0.3 is 9.84 Å². The Morgan fingerprint density at radius 2 is 2.50 bits per heavy atom. The molecule has 0 saturated carbocycles. The molecule has 1 aliphatic heterocycles. The molecule has 0 amide bonds. The van der Waals surface area contributed by atoms with Crippen LogP contribution >= 0.6 is 0 Å². The standard InChI is InChI=1S/C7H12O3/c1-2-6(8)7(9)4-3-5-10-7/h9H,2-5H2,1H3. The second-order valence-corrected chi connectivity index (χ2v) is 2.51. The van der Waals surface area contributed by atoms with Crippen molar-refractivity contribution in [2.24, 2.45) is 0 Å². The van der Waals surface area contributed by atoms with Crippen molar-refractivity contribution in [1.29, 1.82) is 0 Å². The molecule has 1 aliphatic rings. The van der Waals surface area contributed by atoms with E-state index in [-0.39, 0.29) is 5.78 Å². The van der Waals surface area contributed by atoms with Crippen molar-refractivity contribution in [3.05, 3.63) is 0 Å². The van der Waals surface area contributed by atoms with Crippen LogP contribution in [0.4, 0.5) is 0 Å². The number of carbonyl (C=O) groups is 1. The highest BCUT2D eigenvalue weighted by molar-refractivity contribution is 5.85. The lowest BCUT2D eigenvalue weighted by molar-refractivity contribution is -0.186. The van der Waals surface area contributed by atoms with E-state index in [0.29, 0.717) is 19.4 Å². The molecule has 58 valence electrons. The third kappa shape index (κ3) is 1.20. The summed E-state index contributed by atoms with van der Waals surface area (Å²) in [5, 5.41) is 9.39. The Morgan fingerprint density at radius 3 is 2.90 bits per heavy atom. The quantitative estimate of drug-likeness (QED) is 0.612. The van der Waals surface area contributed by atoms with Gasteiger partial charge in [0.05, 0.1) is 6.61 Å². The van der Waals surface area contributed by atoms with Gasteiger partial charge >= 0.3 is 0 Å². The van der Waals surface area contributed by atoms with E-state index in [0.717, 1.165) is 6.42 Å².